The summed E-state index contributed by atoms with van der Waals surface area (Å²) in [5.41, 5.74) is 7.66. The summed E-state index contributed by atoms with van der Waals surface area (Å²) in [6.45, 7) is 0.550. The van der Waals surface area contributed by atoms with Crippen molar-refractivity contribution in [3.63, 3.8) is 0 Å². The average molecular weight is 433 g/mol. The van der Waals surface area contributed by atoms with Crippen LogP contribution in [0.1, 0.15) is 29.0 Å². The minimum Gasteiger partial charge on any atom is -0.445 e. The Morgan fingerprint density at radius 2 is 2.13 bits per heavy atom. The van der Waals surface area contributed by atoms with E-state index in [1.807, 2.05) is 30.3 Å². The lowest BCUT2D eigenvalue weighted by atomic mass is 9.84. The SMILES string of the molecule is Nc1nc2c(s1)CC([C@H](NC(=O)OCc1ccccc1)C(=O)N1CCC(F)C1)CC2. The molecule has 0 spiro atoms. The van der Waals surface area contributed by atoms with Crippen molar-refractivity contribution in [1.82, 2.24) is 15.2 Å². The number of nitrogens with two attached hydrogens (primary N) is 1. The van der Waals surface area contributed by atoms with Gasteiger partial charge in [-0.1, -0.05) is 30.3 Å². The normalized spacial score (nSPS) is 21.7. The third-order valence-corrected chi connectivity index (χ3v) is 6.61. The summed E-state index contributed by atoms with van der Waals surface area (Å²) in [7, 11) is 0. The Hall–Kier alpha value is -2.68. The van der Waals surface area contributed by atoms with E-state index in [1.54, 1.807) is 0 Å². The first-order chi connectivity index (χ1) is 14.5. The fraction of sp³-hybridized carbons (Fsp3) is 0.476. The predicted molar refractivity (Wildman–Crippen MR) is 112 cm³/mol. The van der Waals surface area contributed by atoms with Crippen LogP contribution in [0.5, 0.6) is 0 Å². The predicted octanol–water partition coefficient (Wildman–Crippen LogP) is 2.70. The van der Waals surface area contributed by atoms with Crippen molar-refractivity contribution in [2.24, 2.45) is 5.92 Å². The minimum absolute atomic E-state index is 0.0710. The van der Waals surface area contributed by atoms with E-state index in [2.05, 4.69) is 10.3 Å². The van der Waals surface area contributed by atoms with Gasteiger partial charge >= 0.3 is 6.09 Å². The number of hydrogen-bond donors (Lipinski definition) is 2. The first-order valence-electron chi connectivity index (χ1n) is 10.1. The highest BCUT2D eigenvalue weighted by Crippen LogP contribution is 2.33. The lowest BCUT2D eigenvalue weighted by Gasteiger charge is -2.32. The number of nitrogens with zero attached hydrogens (tertiary/aromatic N) is 2. The number of hydrogen-bond acceptors (Lipinski definition) is 6. The fourth-order valence-electron chi connectivity index (χ4n) is 4.09. The van der Waals surface area contributed by atoms with Gasteiger partial charge in [-0.25, -0.2) is 14.2 Å². The van der Waals surface area contributed by atoms with Gasteiger partial charge < -0.3 is 20.7 Å². The molecule has 160 valence electrons. The number of aromatic nitrogens is 1. The highest BCUT2D eigenvalue weighted by Gasteiger charge is 2.38. The Kier molecular flexibility index (Phi) is 6.17. The van der Waals surface area contributed by atoms with Gasteiger partial charge in [-0.05, 0) is 37.2 Å². The zero-order chi connectivity index (χ0) is 21.1. The second-order valence-electron chi connectivity index (χ2n) is 7.78. The molecule has 7 nitrogen and oxygen atoms in total. The smallest absolute Gasteiger partial charge is 0.408 e. The van der Waals surface area contributed by atoms with Gasteiger partial charge in [-0.2, -0.15) is 0 Å². The molecule has 1 aromatic heterocycles. The molecule has 2 unspecified atom stereocenters. The minimum atomic E-state index is -1.01. The molecule has 1 aliphatic heterocycles. The number of amides is 2. The molecule has 2 aliphatic rings. The van der Waals surface area contributed by atoms with Crippen molar-refractivity contribution in [3.05, 3.63) is 46.5 Å². The van der Waals surface area contributed by atoms with Crippen molar-refractivity contribution in [2.45, 2.75) is 44.5 Å². The number of anilines is 1. The monoisotopic (exact) mass is 432 g/mol. The number of fused-ring (bicyclic) bond motifs is 1. The standard InChI is InChI=1S/C21H25FN4O3S/c22-15-8-9-26(11-15)19(27)18(14-6-7-16-17(10-14)30-20(23)24-16)25-21(28)29-12-13-4-2-1-3-5-13/h1-5,14-15,18H,6-12H2,(H2,23,24)(H,25,28)/t14?,15?,18-/m0/s1. The van der Waals surface area contributed by atoms with E-state index >= 15 is 0 Å². The highest BCUT2D eigenvalue weighted by molar-refractivity contribution is 7.15. The van der Waals surface area contributed by atoms with Gasteiger partial charge in [0, 0.05) is 11.4 Å². The number of rotatable bonds is 5. The van der Waals surface area contributed by atoms with Crippen molar-refractivity contribution < 1.29 is 18.7 Å². The first-order valence-corrected chi connectivity index (χ1v) is 11.0. The summed E-state index contributed by atoms with van der Waals surface area (Å²) in [6, 6.07) is 8.57. The molecular weight excluding hydrogens is 407 g/mol. The van der Waals surface area contributed by atoms with Crippen LogP contribution in [0.2, 0.25) is 0 Å². The zero-order valence-electron chi connectivity index (χ0n) is 16.6. The Bertz CT molecular complexity index is 907. The molecule has 1 fully saturated rings. The number of ether oxygens (including phenoxy) is 1. The average Bonchev–Trinajstić information content (AvgIpc) is 3.34. The lowest BCUT2D eigenvalue weighted by Crippen LogP contribution is -2.53. The quantitative estimate of drug-likeness (QED) is 0.757. The summed E-state index contributed by atoms with van der Waals surface area (Å²) >= 11 is 1.42. The van der Waals surface area contributed by atoms with E-state index in [-0.39, 0.29) is 25.0 Å². The molecule has 0 bridgehead atoms. The summed E-state index contributed by atoms with van der Waals surface area (Å²) in [6.07, 6.45) is 0.660. The topological polar surface area (TPSA) is 97.5 Å². The maximum absolute atomic E-state index is 13.7. The zero-order valence-corrected chi connectivity index (χ0v) is 17.4. The number of nitrogen functional groups attached to an aromatic ring is 1. The molecule has 4 rings (SSSR count). The van der Waals surface area contributed by atoms with Crippen molar-refractivity contribution in [1.29, 1.82) is 0 Å². The van der Waals surface area contributed by atoms with Crippen LogP contribution in [0.15, 0.2) is 30.3 Å². The molecule has 9 heteroatoms. The van der Waals surface area contributed by atoms with Gasteiger partial charge in [0.1, 0.15) is 18.8 Å². The number of thiazole rings is 1. The van der Waals surface area contributed by atoms with Gasteiger partial charge in [0.25, 0.3) is 0 Å². The van der Waals surface area contributed by atoms with Crippen molar-refractivity contribution in [3.8, 4) is 0 Å². The molecule has 3 N–H and O–H groups in total. The van der Waals surface area contributed by atoms with E-state index in [1.165, 1.54) is 16.2 Å². The number of benzene rings is 1. The van der Waals surface area contributed by atoms with Crippen LogP contribution in [-0.2, 0) is 29.0 Å². The Morgan fingerprint density at radius 3 is 2.87 bits per heavy atom. The molecule has 30 heavy (non-hydrogen) atoms. The largest absolute Gasteiger partial charge is 0.445 e. The number of aryl methyl sites for hydroxylation is 1. The van der Waals surface area contributed by atoms with Crippen LogP contribution in [0.25, 0.3) is 0 Å². The summed E-state index contributed by atoms with van der Waals surface area (Å²) in [4.78, 5) is 32.6. The molecule has 1 aliphatic carbocycles. The van der Waals surface area contributed by atoms with Crippen LogP contribution in [0, 0.1) is 5.92 Å². The van der Waals surface area contributed by atoms with E-state index in [0.717, 1.165) is 16.1 Å². The molecule has 3 atom stereocenters. The van der Waals surface area contributed by atoms with Gasteiger partial charge in [0.05, 0.1) is 12.2 Å². The van der Waals surface area contributed by atoms with E-state index < -0.39 is 18.3 Å². The second kappa shape index (κ2) is 8.99. The third kappa shape index (κ3) is 4.72. The van der Waals surface area contributed by atoms with Crippen LogP contribution >= 0.6 is 11.3 Å². The second-order valence-corrected chi connectivity index (χ2v) is 8.89. The maximum atomic E-state index is 13.7. The number of nitrogens with one attached hydrogen (secondary N) is 1. The molecule has 1 saturated heterocycles. The van der Waals surface area contributed by atoms with Crippen LogP contribution in [0.4, 0.5) is 14.3 Å². The molecule has 2 amide bonds. The Balaban J connectivity index is 1.45. The summed E-state index contributed by atoms with van der Waals surface area (Å²) in [5, 5.41) is 3.28. The molecule has 2 heterocycles. The number of carbonyl (C=O) groups excluding carboxylic acids is 2. The molecule has 1 aromatic carbocycles. The van der Waals surface area contributed by atoms with E-state index in [9.17, 15) is 14.0 Å². The number of alkyl halides is 1. The third-order valence-electron chi connectivity index (χ3n) is 5.66. The van der Waals surface area contributed by atoms with Crippen molar-refractivity contribution >= 4 is 28.5 Å². The molecular formula is C21H25FN4O3S. The summed E-state index contributed by atoms with van der Waals surface area (Å²) < 4.78 is 19.0. The van der Waals surface area contributed by atoms with Gasteiger partial charge in [0.2, 0.25) is 5.91 Å². The van der Waals surface area contributed by atoms with Gasteiger partial charge in [-0.15, -0.1) is 11.3 Å². The first kappa shape index (κ1) is 20.6. The van der Waals surface area contributed by atoms with Crippen LogP contribution < -0.4 is 11.1 Å². The molecule has 2 aromatic rings. The van der Waals surface area contributed by atoms with Gasteiger partial charge in [0.15, 0.2) is 5.13 Å². The molecule has 0 saturated carbocycles. The Labute approximate surface area is 178 Å². The van der Waals surface area contributed by atoms with E-state index in [0.29, 0.717) is 37.4 Å². The van der Waals surface area contributed by atoms with Crippen LogP contribution in [0.3, 0.4) is 0 Å². The fourth-order valence-corrected chi connectivity index (χ4v) is 5.06. The number of alkyl carbamates (subject to hydrolysis) is 1. The molecule has 0 radical (unpaired) electrons. The van der Waals surface area contributed by atoms with Crippen molar-refractivity contribution in [2.75, 3.05) is 18.8 Å². The Morgan fingerprint density at radius 1 is 1.33 bits per heavy atom. The maximum Gasteiger partial charge on any atom is 0.408 e. The van der Waals surface area contributed by atoms with E-state index in [4.69, 9.17) is 10.5 Å². The number of halogens is 1. The number of likely N-dealkylation sites (tertiary alicyclic amines) is 1. The highest BCUT2D eigenvalue weighted by atomic mass is 32.1. The summed E-state index contributed by atoms with van der Waals surface area (Å²) in [5.74, 6) is -0.370. The van der Waals surface area contributed by atoms with Crippen LogP contribution in [-0.4, -0.2) is 47.2 Å². The lowest BCUT2D eigenvalue weighted by molar-refractivity contribution is -0.134. The number of carbonyl (C=O) groups is 2. The van der Waals surface area contributed by atoms with Gasteiger partial charge in [-0.3, -0.25) is 4.79 Å².